The molecule has 69 valence electrons. The molecule has 0 N–H and O–H groups in total. The molecule has 2 rings (SSSR count). The zero-order valence-electron chi connectivity index (χ0n) is 6.86. The first-order chi connectivity index (χ1) is 5.88. The average Bonchev–Trinajstić information content (AvgIpc) is 2.53. The van der Waals surface area contributed by atoms with E-state index >= 15 is 0 Å². The first kappa shape index (κ1) is 10.5. The van der Waals surface area contributed by atoms with Crippen LogP contribution in [0.1, 0.15) is 5.56 Å². The van der Waals surface area contributed by atoms with E-state index in [0.717, 1.165) is 16.1 Å². The number of hydrogen-bond acceptors (Lipinski definition) is 2. The molecule has 0 bridgehead atoms. The van der Waals surface area contributed by atoms with Crippen molar-refractivity contribution in [1.29, 1.82) is 0 Å². The Bertz CT molecular complexity index is 369. The Morgan fingerprint density at radius 2 is 2.08 bits per heavy atom. The summed E-state index contributed by atoms with van der Waals surface area (Å²) >= 11 is 1.68. The second-order valence-electron chi connectivity index (χ2n) is 2.49. The van der Waals surface area contributed by atoms with Gasteiger partial charge in [-0.2, -0.15) is 18.6 Å². The summed E-state index contributed by atoms with van der Waals surface area (Å²) in [6.07, 6.45) is 1.80. The molecule has 0 atom stereocenters. The van der Waals surface area contributed by atoms with Gasteiger partial charge in [-0.1, -0.05) is 16.3 Å². The summed E-state index contributed by atoms with van der Waals surface area (Å²) in [6.45, 7) is 3.93. The smallest absolute Gasteiger partial charge is 0.0262 e. The number of aromatic nitrogens is 1. The van der Waals surface area contributed by atoms with Crippen LogP contribution in [-0.2, 0) is 20.1 Å². The predicted octanol–water partition coefficient (Wildman–Crippen LogP) is 2.99. The van der Waals surface area contributed by atoms with Gasteiger partial charge in [0.2, 0.25) is 0 Å². The summed E-state index contributed by atoms with van der Waals surface area (Å²) in [6, 6.07) is 7.91. The first-order valence-corrected chi connectivity index (χ1v) is 4.57. The molecule has 3 heteroatoms. The van der Waals surface area contributed by atoms with Gasteiger partial charge in [-0.25, -0.2) is 11.3 Å². The van der Waals surface area contributed by atoms with Crippen LogP contribution in [0.5, 0.6) is 0 Å². The van der Waals surface area contributed by atoms with E-state index in [9.17, 15) is 0 Å². The predicted molar refractivity (Wildman–Crippen MR) is 52.0 cm³/mol. The zero-order valence-corrected chi connectivity index (χ0v) is 10.1. The largest absolute Gasteiger partial charge is 0.269 e. The van der Waals surface area contributed by atoms with Gasteiger partial charge in [0.1, 0.15) is 0 Å². The van der Waals surface area contributed by atoms with Crippen LogP contribution < -0.4 is 0 Å². The molecule has 0 aromatic carbocycles. The summed E-state index contributed by atoms with van der Waals surface area (Å²) < 4.78 is 0. The van der Waals surface area contributed by atoms with Crippen molar-refractivity contribution in [3.63, 3.8) is 0 Å². The fraction of sp³-hybridized carbons (Fsp3) is 0. The van der Waals surface area contributed by atoms with E-state index in [2.05, 4.69) is 11.9 Å². The molecular formula is C10H8IrNS-. The van der Waals surface area contributed by atoms with E-state index < -0.39 is 0 Å². The molecule has 13 heavy (non-hydrogen) atoms. The third-order valence-electron chi connectivity index (χ3n) is 1.64. The third-order valence-corrected chi connectivity index (χ3v) is 2.62. The van der Waals surface area contributed by atoms with Crippen LogP contribution >= 0.6 is 11.3 Å². The second-order valence-corrected chi connectivity index (χ2v) is 3.41. The minimum absolute atomic E-state index is 0. The van der Waals surface area contributed by atoms with E-state index in [0.29, 0.717) is 0 Å². The number of thiophene rings is 1. The molecule has 0 fully saturated rings. The van der Waals surface area contributed by atoms with Crippen LogP contribution in [0.25, 0.3) is 10.6 Å². The summed E-state index contributed by atoms with van der Waals surface area (Å²) in [5, 5.41) is 2.03. The topological polar surface area (TPSA) is 12.9 Å². The average molecular weight is 366 g/mol. The van der Waals surface area contributed by atoms with Crippen LogP contribution in [0.15, 0.2) is 35.8 Å². The fourth-order valence-electron chi connectivity index (χ4n) is 1.06. The fourth-order valence-corrected chi connectivity index (χ4v) is 1.89. The minimum Gasteiger partial charge on any atom is -0.269 e. The Balaban J connectivity index is 0.000000845. The van der Waals surface area contributed by atoms with Crippen LogP contribution in [0.2, 0.25) is 0 Å². The van der Waals surface area contributed by atoms with Gasteiger partial charge in [-0.3, -0.25) is 4.98 Å². The summed E-state index contributed by atoms with van der Waals surface area (Å²) in [7, 11) is 0. The molecular weight excluding hydrogens is 358 g/mol. The zero-order chi connectivity index (χ0) is 8.39. The molecule has 0 saturated heterocycles. The minimum atomic E-state index is 0. The molecule has 2 aromatic rings. The quantitative estimate of drug-likeness (QED) is 0.707. The molecule has 0 aliphatic carbocycles. The molecule has 1 radical (unpaired) electrons. The Kier molecular flexibility index (Phi) is 3.67. The maximum atomic E-state index is 4.25. The standard InChI is InChI=1S/C10H8NS.Ir/c1-8-5-7-12-10(8)9-4-2-3-6-11-9;/h2-7H,1H2;/q-1;. The van der Waals surface area contributed by atoms with Gasteiger partial charge in [0.15, 0.2) is 0 Å². The molecule has 0 unspecified atom stereocenters. The Morgan fingerprint density at radius 3 is 2.62 bits per heavy atom. The van der Waals surface area contributed by atoms with Crippen molar-refractivity contribution in [2.75, 3.05) is 0 Å². The van der Waals surface area contributed by atoms with Crippen molar-refractivity contribution >= 4 is 11.3 Å². The first-order valence-electron chi connectivity index (χ1n) is 3.69. The third kappa shape index (κ3) is 2.19. The summed E-state index contributed by atoms with van der Waals surface area (Å²) in [5.41, 5.74) is 2.07. The SMILES string of the molecule is [CH2-]c1ccsc1-c1ccccn1.[Ir]. The maximum Gasteiger partial charge on any atom is 0.0262 e. The van der Waals surface area contributed by atoms with Crippen molar-refractivity contribution in [2.45, 2.75) is 0 Å². The maximum absolute atomic E-state index is 4.25. The monoisotopic (exact) mass is 367 g/mol. The molecule has 1 nitrogen and oxygen atoms in total. The van der Waals surface area contributed by atoms with E-state index in [-0.39, 0.29) is 20.1 Å². The van der Waals surface area contributed by atoms with Crippen molar-refractivity contribution in [2.24, 2.45) is 0 Å². The van der Waals surface area contributed by atoms with Crippen LogP contribution in [0, 0.1) is 6.92 Å². The van der Waals surface area contributed by atoms with Gasteiger partial charge in [0.25, 0.3) is 0 Å². The summed E-state index contributed by atoms with van der Waals surface area (Å²) in [5.74, 6) is 0. The Morgan fingerprint density at radius 1 is 1.23 bits per heavy atom. The number of nitrogens with zero attached hydrogens (tertiary/aromatic N) is 1. The Hall–Kier alpha value is -0.631. The van der Waals surface area contributed by atoms with Crippen molar-refractivity contribution in [1.82, 2.24) is 4.98 Å². The van der Waals surface area contributed by atoms with Gasteiger partial charge in [0, 0.05) is 32.0 Å². The molecule has 0 aliphatic heterocycles. The number of pyridine rings is 1. The van der Waals surface area contributed by atoms with Gasteiger partial charge < -0.3 is 0 Å². The molecule has 0 saturated carbocycles. The van der Waals surface area contributed by atoms with E-state index in [4.69, 9.17) is 0 Å². The van der Waals surface area contributed by atoms with Gasteiger partial charge in [0.05, 0.1) is 0 Å². The Labute approximate surface area is 95.2 Å². The molecule has 0 spiro atoms. The van der Waals surface area contributed by atoms with Gasteiger partial charge in [-0.15, -0.1) is 0 Å². The molecule has 2 heterocycles. The number of hydrogen-bond donors (Lipinski definition) is 0. The van der Waals surface area contributed by atoms with Crippen molar-refractivity contribution < 1.29 is 20.1 Å². The van der Waals surface area contributed by atoms with Crippen molar-refractivity contribution in [3.05, 3.63) is 48.3 Å². The van der Waals surface area contributed by atoms with E-state index in [1.165, 1.54) is 0 Å². The number of rotatable bonds is 1. The van der Waals surface area contributed by atoms with E-state index in [1.54, 1.807) is 17.5 Å². The molecule has 2 aromatic heterocycles. The van der Waals surface area contributed by atoms with Gasteiger partial charge in [-0.05, 0) is 12.1 Å². The summed E-state index contributed by atoms with van der Waals surface area (Å²) in [4.78, 5) is 5.42. The van der Waals surface area contributed by atoms with Crippen LogP contribution in [0.3, 0.4) is 0 Å². The molecule has 0 amide bonds. The van der Waals surface area contributed by atoms with E-state index in [1.807, 2.05) is 29.6 Å². The van der Waals surface area contributed by atoms with Crippen molar-refractivity contribution in [3.8, 4) is 10.6 Å². The van der Waals surface area contributed by atoms with Crippen LogP contribution in [0.4, 0.5) is 0 Å². The normalized spacial score (nSPS) is 9.23. The van der Waals surface area contributed by atoms with Gasteiger partial charge >= 0.3 is 0 Å². The molecule has 0 aliphatic rings. The second kappa shape index (κ2) is 4.56. The van der Waals surface area contributed by atoms with Crippen LogP contribution in [-0.4, -0.2) is 4.98 Å².